The van der Waals surface area contributed by atoms with Gasteiger partial charge in [-0.3, -0.25) is 9.80 Å². The predicted molar refractivity (Wildman–Crippen MR) is 142 cm³/mol. The average Bonchev–Trinajstić information content (AvgIpc) is 3.30. The van der Waals surface area contributed by atoms with E-state index in [-0.39, 0.29) is 12.1 Å². The standard InChI is InChI=1S/C29H30F4N4O/c1-3-22(9-5-4-6-16-34)23-10-13-25(14-11-23)37(19-18-36-17-7-8-21(36)2)28(38)35-24-12-15-27(30)26(20-24)29(31,32)33/h3-5,9-15,20-21H,1,6-8,17-19H2,2H3,(H,35,38)/b5-4-,22-9+. The Morgan fingerprint density at radius 3 is 2.61 bits per heavy atom. The molecule has 200 valence electrons. The molecular formula is C29H30F4N4O. The van der Waals surface area contributed by atoms with Gasteiger partial charge in [-0.1, -0.05) is 43.0 Å². The number of hydrogen-bond donors (Lipinski definition) is 1. The minimum absolute atomic E-state index is 0.152. The molecule has 1 fully saturated rings. The van der Waals surface area contributed by atoms with Crippen LogP contribution >= 0.6 is 0 Å². The number of likely N-dealkylation sites (tertiary alicyclic amines) is 1. The molecule has 0 aromatic heterocycles. The molecule has 9 heteroatoms. The van der Waals surface area contributed by atoms with Gasteiger partial charge in [-0.25, -0.2) is 9.18 Å². The molecule has 1 saturated heterocycles. The van der Waals surface area contributed by atoms with Crippen molar-refractivity contribution in [2.24, 2.45) is 0 Å². The van der Waals surface area contributed by atoms with Crippen molar-refractivity contribution in [1.29, 1.82) is 5.26 Å². The molecule has 0 saturated carbocycles. The molecular weight excluding hydrogens is 496 g/mol. The highest BCUT2D eigenvalue weighted by atomic mass is 19.4. The van der Waals surface area contributed by atoms with Crippen LogP contribution in [0, 0.1) is 17.1 Å². The SMILES string of the molecule is C=C/C(=C\C=C/CC#N)c1ccc(N(CCN2CCCC2C)C(=O)Nc2ccc(F)c(C(F)(F)F)c2)cc1. The lowest BCUT2D eigenvalue weighted by atomic mass is 10.0. The van der Waals surface area contributed by atoms with E-state index in [2.05, 4.69) is 23.7 Å². The second-order valence-corrected chi connectivity index (χ2v) is 8.96. The fourth-order valence-electron chi connectivity index (χ4n) is 4.32. The van der Waals surface area contributed by atoms with Gasteiger partial charge in [0.2, 0.25) is 0 Å². The van der Waals surface area contributed by atoms with Gasteiger partial charge in [0.15, 0.2) is 0 Å². The summed E-state index contributed by atoms with van der Waals surface area (Å²) in [5, 5.41) is 11.2. The molecule has 1 N–H and O–H groups in total. The number of allylic oxidation sites excluding steroid dienone is 5. The summed E-state index contributed by atoms with van der Waals surface area (Å²) < 4.78 is 53.2. The second kappa shape index (κ2) is 13.1. The van der Waals surface area contributed by atoms with Crippen molar-refractivity contribution >= 4 is 23.0 Å². The lowest BCUT2D eigenvalue weighted by molar-refractivity contribution is -0.139. The first-order valence-electron chi connectivity index (χ1n) is 12.3. The second-order valence-electron chi connectivity index (χ2n) is 8.96. The zero-order chi connectivity index (χ0) is 27.7. The number of hydrogen-bond acceptors (Lipinski definition) is 3. The molecule has 38 heavy (non-hydrogen) atoms. The van der Waals surface area contributed by atoms with Crippen LogP contribution in [0.4, 0.5) is 33.7 Å². The number of nitrogens with zero attached hydrogens (tertiary/aromatic N) is 3. The summed E-state index contributed by atoms with van der Waals surface area (Å²) in [6, 6.07) is 11.3. The number of halogens is 4. The van der Waals surface area contributed by atoms with Crippen LogP contribution in [0.1, 0.15) is 37.3 Å². The van der Waals surface area contributed by atoms with E-state index in [0.29, 0.717) is 37.0 Å². The van der Waals surface area contributed by atoms with Gasteiger partial charge in [0, 0.05) is 30.5 Å². The summed E-state index contributed by atoms with van der Waals surface area (Å²) in [6.07, 6.45) is 4.53. The number of benzene rings is 2. The summed E-state index contributed by atoms with van der Waals surface area (Å²) >= 11 is 0. The summed E-state index contributed by atoms with van der Waals surface area (Å²) in [6.45, 7) is 7.76. The Bertz CT molecular complexity index is 1230. The first-order valence-corrected chi connectivity index (χ1v) is 12.3. The molecule has 0 aliphatic carbocycles. The Morgan fingerprint density at radius 1 is 1.26 bits per heavy atom. The van der Waals surface area contributed by atoms with Crippen molar-refractivity contribution in [3.8, 4) is 6.07 Å². The maximum Gasteiger partial charge on any atom is 0.419 e. The zero-order valence-corrected chi connectivity index (χ0v) is 21.1. The average molecular weight is 527 g/mol. The molecule has 0 bridgehead atoms. The first-order chi connectivity index (χ1) is 18.1. The topological polar surface area (TPSA) is 59.4 Å². The minimum Gasteiger partial charge on any atom is -0.308 e. The highest BCUT2D eigenvalue weighted by Crippen LogP contribution is 2.33. The highest BCUT2D eigenvalue weighted by Gasteiger charge is 2.34. The van der Waals surface area contributed by atoms with Crippen LogP contribution in [-0.4, -0.2) is 36.6 Å². The maximum absolute atomic E-state index is 13.7. The third-order valence-corrected chi connectivity index (χ3v) is 6.42. The number of anilines is 2. The minimum atomic E-state index is -4.88. The number of nitriles is 1. The zero-order valence-electron chi connectivity index (χ0n) is 21.1. The number of rotatable bonds is 9. The van der Waals surface area contributed by atoms with Crippen molar-refractivity contribution in [2.45, 2.75) is 38.4 Å². The molecule has 0 radical (unpaired) electrons. The lowest BCUT2D eigenvalue weighted by Crippen LogP contribution is -2.42. The monoisotopic (exact) mass is 526 g/mol. The Morgan fingerprint density at radius 2 is 2.00 bits per heavy atom. The quantitative estimate of drug-likeness (QED) is 0.273. The fourth-order valence-corrected chi connectivity index (χ4v) is 4.32. The summed E-state index contributed by atoms with van der Waals surface area (Å²) in [4.78, 5) is 17.0. The number of alkyl halides is 3. The van der Waals surface area contributed by atoms with Crippen LogP contribution in [0.3, 0.4) is 0 Å². The van der Waals surface area contributed by atoms with Crippen LogP contribution in [0.5, 0.6) is 0 Å². The van der Waals surface area contributed by atoms with Gasteiger partial charge in [0.05, 0.1) is 18.1 Å². The van der Waals surface area contributed by atoms with E-state index in [1.165, 1.54) is 4.90 Å². The number of nitrogens with one attached hydrogen (secondary N) is 1. The van der Waals surface area contributed by atoms with Gasteiger partial charge in [-0.2, -0.15) is 18.4 Å². The Labute approximate surface area is 220 Å². The van der Waals surface area contributed by atoms with E-state index in [1.54, 1.807) is 30.4 Å². The van der Waals surface area contributed by atoms with E-state index in [9.17, 15) is 22.4 Å². The van der Waals surface area contributed by atoms with Gasteiger partial charge >= 0.3 is 12.2 Å². The normalized spacial score (nSPS) is 16.4. The molecule has 2 amide bonds. The number of carbonyl (C=O) groups excluding carboxylic acids is 1. The Hall–Kier alpha value is -3.90. The number of urea groups is 1. The molecule has 1 aliphatic heterocycles. The molecule has 2 aromatic carbocycles. The maximum atomic E-state index is 13.7. The third kappa shape index (κ3) is 7.56. The van der Waals surface area contributed by atoms with Crippen molar-refractivity contribution in [2.75, 3.05) is 29.9 Å². The highest BCUT2D eigenvalue weighted by molar-refractivity contribution is 6.02. The largest absolute Gasteiger partial charge is 0.419 e. The molecule has 1 atom stereocenters. The summed E-state index contributed by atoms with van der Waals surface area (Å²) in [5.74, 6) is -1.40. The molecule has 5 nitrogen and oxygen atoms in total. The van der Waals surface area contributed by atoms with Gasteiger partial charge in [-0.05, 0) is 67.8 Å². The fraction of sp³-hybridized carbons (Fsp3) is 0.310. The van der Waals surface area contributed by atoms with E-state index < -0.39 is 23.6 Å². The summed E-state index contributed by atoms with van der Waals surface area (Å²) in [5.41, 5.74) is 0.621. The van der Waals surface area contributed by atoms with E-state index >= 15 is 0 Å². The van der Waals surface area contributed by atoms with Crippen LogP contribution in [-0.2, 0) is 6.18 Å². The van der Waals surface area contributed by atoms with Crippen LogP contribution in [0.15, 0.2) is 73.3 Å². The third-order valence-electron chi connectivity index (χ3n) is 6.42. The van der Waals surface area contributed by atoms with E-state index in [0.717, 1.165) is 36.6 Å². The predicted octanol–water partition coefficient (Wildman–Crippen LogP) is 7.41. The van der Waals surface area contributed by atoms with Gasteiger partial charge in [-0.15, -0.1) is 0 Å². The van der Waals surface area contributed by atoms with Crippen molar-refractivity contribution in [3.05, 3.63) is 90.3 Å². The molecule has 1 heterocycles. The van der Waals surface area contributed by atoms with Crippen molar-refractivity contribution in [1.82, 2.24) is 4.90 Å². The van der Waals surface area contributed by atoms with Crippen LogP contribution in [0.2, 0.25) is 0 Å². The van der Waals surface area contributed by atoms with Crippen LogP contribution < -0.4 is 10.2 Å². The molecule has 3 rings (SSSR count). The Balaban J connectivity index is 1.85. The van der Waals surface area contributed by atoms with Crippen LogP contribution in [0.25, 0.3) is 5.57 Å². The summed E-state index contributed by atoms with van der Waals surface area (Å²) in [7, 11) is 0. The van der Waals surface area contributed by atoms with Crippen molar-refractivity contribution in [3.63, 3.8) is 0 Å². The molecule has 1 unspecified atom stereocenters. The van der Waals surface area contributed by atoms with Crippen molar-refractivity contribution < 1.29 is 22.4 Å². The van der Waals surface area contributed by atoms with E-state index in [1.807, 2.05) is 24.3 Å². The first kappa shape index (κ1) is 28.7. The van der Waals surface area contributed by atoms with E-state index in [4.69, 9.17) is 5.26 Å². The molecule has 1 aliphatic rings. The number of carbonyl (C=O) groups is 1. The molecule has 0 spiro atoms. The Kier molecular flexibility index (Phi) is 9.85. The molecule has 2 aromatic rings. The van der Waals surface area contributed by atoms with Gasteiger partial charge in [0.1, 0.15) is 5.82 Å². The smallest absolute Gasteiger partial charge is 0.308 e. The van der Waals surface area contributed by atoms with Gasteiger partial charge < -0.3 is 5.32 Å². The number of amides is 2. The lowest BCUT2D eigenvalue weighted by Gasteiger charge is -2.28. The van der Waals surface area contributed by atoms with Gasteiger partial charge in [0.25, 0.3) is 0 Å².